The fourth-order valence-corrected chi connectivity index (χ4v) is 6.70. The number of hydrogen-bond donors (Lipinski definition) is 0. The Morgan fingerprint density at radius 1 is 1.02 bits per heavy atom. The third-order valence-electron chi connectivity index (χ3n) is 6.58. The van der Waals surface area contributed by atoms with Crippen LogP contribution in [0.3, 0.4) is 0 Å². The molecular weight excluding hydrogens is 578 g/mol. The average molecular weight is 608 g/mol. The Balaban J connectivity index is 1.39. The average Bonchev–Trinajstić information content (AvgIpc) is 3.45. The molecule has 2 heterocycles. The Bertz CT molecular complexity index is 1700. The van der Waals surface area contributed by atoms with Crippen molar-refractivity contribution in [3.05, 3.63) is 83.9 Å². The van der Waals surface area contributed by atoms with E-state index in [-0.39, 0.29) is 43.2 Å². The van der Waals surface area contributed by atoms with Crippen molar-refractivity contribution < 1.29 is 27.5 Å². The second-order valence-corrected chi connectivity index (χ2v) is 12.2. The van der Waals surface area contributed by atoms with Crippen LogP contribution in [0.25, 0.3) is 10.2 Å². The molecule has 0 spiro atoms. The van der Waals surface area contributed by atoms with Crippen LogP contribution in [0.5, 0.6) is 5.75 Å². The number of sulfonamides is 1. The zero-order valence-electron chi connectivity index (χ0n) is 23.0. The van der Waals surface area contributed by atoms with Crippen molar-refractivity contribution in [3.8, 4) is 5.75 Å². The van der Waals surface area contributed by atoms with Crippen molar-refractivity contribution >= 4 is 54.9 Å². The maximum absolute atomic E-state index is 13.7. The lowest BCUT2D eigenvalue weighted by Crippen LogP contribution is -2.50. The number of aromatic nitrogens is 1. The topological polar surface area (TPSA) is 122 Å². The smallest absolute Gasteiger partial charge is 0.409 e. The fourth-order valence-electron chi connectivity index (χ4n) is 4.33. The highest BCUT2D eigenvalue weighted by Gasteiger charge is 2.31. The van der Waals surface area contributed by atoms with Crippen molar-refractivity contribution in [2.24, 2.45) is 5.10 Å². The number of ether oxygens (including phenoxy) is 2. The van der Waals surface area contributed by atoms with Gasteiger partial charge in [-0.15, -0.1) is 0 Å². The molecule has 3 aromatic carbocycles. The summed E-state index contributed by atoms with van der Waals surface area (Å²) < 4.78 is 39.1. The van der Waals surface area contributed by atoms with E-state index in [2.05, 4.69) is 10.1 Å². The van der Waals surface area contributed by atoms with E-state index in [1.807, 2.05) is 42.5 Å². The predicted octanol–water partition coefficient (Wildman–Crippen LogP) is 4.45. The van der Waals surface area contributed by atoms with Gasteiger partial charge in [0.15, 0.2) is 0 Å². The fraction of sp³-hybridized carbons (Fsp3) is 0.241. The molecule has 0 atom stereocenters. The first-order valence-electron chi connectivity index (χ1n) is 13.2. The number of carbonyl (C=O) groups excluding carboxylic acids is 2. The molecule has 218 valence electrons. The van der Waals surface area contributed by atoms with Crippen molar-refractivity contribution in [3.63, 3.8) is 0 Å². The summed E-state index contributed by atoms with van der Waals surface area (Å²) >= 11 is 1.29. The lowest BCUT2D eigenvalue weighted by atomic mass is 10.2. The van der Waals surface area contributed by atoms with E-state index in [0.29, 0.717) is 16.4 Å². The first-order chi connectivity index (χ1) is 20.3. The molecule has 0 N–H and O–H groups in total. The van der Waals surface area contributed by atoms with Crippen molar-refractivity contribution in [1.82, 2.24) is 14.2 Å². The molecule has 2 amide bonds. The van der Waals surface area contributed by atoms with Crippen molar-refractivity contribution in [2.45, 2.75) is 11.8 Å². The largest absolute Gasteiger partial charge is 0.497 e. The van der Waals surface area contributed by atoms with Crippen LogP contribution in [-0.2, 0) is 14.8 Å². The van der Waals surface area contributed by atoms with Gasteiger partial charge in [0.25, 0.3) is 5.91 Å². The first-order valence-corrected chi connectivity index (χ1v) is 15.5. The Morgan fingerprint density at radius 2 is 1.74 bits per heavy atom. The zero-order valence-corrected chi connectivity index (χ0v) is 24.7. The normalized spacial score (nSPS) is 14.3. The van der Waals surface area contributed by atoms with E-state index in [9.17, 15) is 18.0 Å². The number of carbonyl (C=O) groups is 2. The second kappa shape index (κ2) is 12.7. The van der Waals surface area contributed by atoms with Crippen LogP contribution in [0.4, 0.5) is 9.93 Å². The summed E-state index contributed by atoms with van der Waals surface area (Å²) in [5.74, 6) is 0.197. The summed E-state index contributed by atoms with van der Waals surface area (Å²) in [4.78, 5) is 31.8. The quantitative estimate of drug-likeness (QED) is 0.214. The monoisotopic (exact) mass is 607 g/mol. The number of benzene rings is 3. The van der Waals surface area contributed by atoms with E-state index >= 15 is 0 Å². The molecule has 13 heteroatoms. The van der Waals surface area contributed by atoms with Gasteiger partial charge in [0, 0.05) is 31.7 Å². The van der Waals surface area contributed by atoms with E-state index in [1.165, 1.54) is 49.8 Å². The number of hydrogen-bond acceptors (Lipinski definition) is 9. The van der Waals surface area contributed by atoms with Gasteiger partial charge in [-0.25, -0.2) is 18.2 Å². The highest BCUT2D eigenvalue weighted by Crippen LogP contribution is 2.32. The Kier molecular flexibility index (Phi) is 8.80. The third-order valence-corrected chi connectivity index (χ3v) is 9.49. The number of thiazole rings is 1. The second-order valence-electron chi connectivity index (χ2n) is 9.22. The van der Waals surface area contributed by atoms with E-state index < -0.39 is 22.0 Å². The molecule has 42 heavy (non-hydrogen) atoms. The number of nitrogens with zero attached hydrogens (tertiary/aromatic N) is 5. The van der Waals surface area contributed by atoms with Gasteiger partial charge in [0.2, 0.25) is 15.2 Å². The lowest BCUT2D eigenvalue weighted by molar-refractivity contribution is 0.0933. The number of piperazine rings is 1. The molecule has 0 unspecified atom stereocenters. The summed E-state index contributed by atoms with van der Waals surface area (Å²) in [6, 6.07) is 20.5. The standard InChI is InChI=1S/C29H29N5O6S2/c1-3-40-29(36)32-15-17-33(18-16-32)42(37,38)24-12-9-22(10-13-24)27(35)34(30-20-21-7-5-4-6-8-21)28-31-25-14-11-23(39-2)19-26(25)41-28/h4-14,19-20H,3,15-18H2,1-2H3/b30-20+. The van der Waals surface area contributed by atoms with Crippen LogP contribution in [0, 0.1) is 0 Å². The maximum atomic E-state index is 13.7. The van der Waals surface area contributed by atoms with E-state index in [1.54, 1.807) is 26.3 Å². The molecule has 0 saturated carbocycles. The molecule has 0 radical (unpaired) electrons. The highest BCUT2D eigenvalue weighted by atomic mass is 32.2. The van der Waals surface area contributed by atoms with E-state index in [4.69, 9.17) is 9.47 Å². The van der Waals surface area contributed by atoms with Crippen LogP contribution >= 0.6 is 11.3 Å². The van der Waals surface area contributed by atoms with Crippen molar-refractivity contribution in [1.29, 1.82) is 0 Å². The minimum atomic E-state index is -3.83. The minimum Gasteiger partial charge on any atom is -0.497 e. The lowest BCUT2D eigenvalue weighted by Gasteiger charge is -2.33. The Labute approximate surface area is 247 Å². The number of fused-ring (bicyclic) bond motifs is 1. The molecule has 11 nitrogen and oxygen atoms in total. The minimum absolute atomic E-state index is 0.0510. The molecule has 1 aliphatic rings. The number of methoxy groups -OCH3 is 1. The molecule has 1 saturated heterocycles. The predicted molar refractivity (Wildman–Crippen MR) is 161 cm³/mol. The number of anilines is 1. The highest BCUT2D eigenvalue weighted by molar-refractivity contribution is 7.89. The van der Waals surface area contributed by atoms with Gasteiger partial charge in [0.1, 0.15) is 5.75 Å². The van der Waals surface area contributed by atoms with Gasteiger partial charge in [-0.1, -0.05) is 41.7 Å². The van der Waals surface area contributed by atoms with Crippen LogP contribution < -0.4 is 9.75 Å². The molecule has 1 fully saturated rings. The first kappa shape index (κ1) is 29.2. The summed E-state index contributed by atoms with van der Waals surface area (Å²) in [5, 5.41) is 6.03. The molecule has 1 aromatic heterocycles. The van der Waals surface area contributed by atoms with Gasteiger partial charge in [-0.3, -0.25) is 4.79 Å². The summed E-state index contributed by atoms with van der Waals surface area (Å²) in [7, 11) is -2.25. The van der Waals surface area contributed by atoms with Gasteiger partial charge in [-0.05, 0) is 55.0 Å². The third kappa shape index (κ3) is 6.27. The van der Waals surface area contributed by atoms with Gasteiger partial charge in [-0.2, -0.15) is 14.4 Å². The Hall–Kier alpha value is -4.33. The summed E-state index contributed by atoms with van der Waals surface area (Å²) in [6.07, 6.45) is 1.11. The van der Waals surface area contributed by atoms with Gasteiger partial charge in [0.05, 0.1) is 35.0 Å². The molecule has 4 aromatic rings. The zero-order chi connectivity index (χ0) is 29.7. The Morgan fingerprint density at radius 3 is 2.40 bits per heavy atom. The molecule has 0 bridgehead atoms. The number of rotatable bonds is 8. The summed E-state index contributed by atoms with van der Waals surface area (Å²) in [6.45, 7) is 2.73. The number of hydrazone groups is 1. The molecule has 1 aliphatic heterocycles. The van der Waals surface area contributed by atoms with Crippen LogP contribution in [-0.4, -0.2) is 80.7 Å². The van der Waals surface area contributed by atoms with Crippen LogP contribution in [0.1, 0.15) is 22.8 Å². The maximum Gasteiger partial charge on any atom is 0.409 e. The SMILES string of the molecule is CCOC(=O)N1CCN(S(=O)(=O)c2ccc(C(=O)N(/N=C/c3ccccc3)c3nc4ccc(OC)cc4s3)cc2)CC1. The molecule has 5 rings (SSSR count). The van der Waals surface area contributed by atoms with Gasteiger partial charge >= 0.3 is 6.09 Å². The molecule has 0 aliphatic carbocycles. The van der Waals surface area contributed by atoms with Gasteiger partial charge < -0.3 is 14.4 Å². The van der Waals surface area contributed by atoms with Crippen LogP contribution in [0.15, 0.2) is 82.8 Å². The van der Waals surface area contributed by atoms with E-state index in [0.717, 1.165) is 10.3 Å². The summed E-state index contributed by atoms with van der Waals surface area (Å²) in [5.41, 5.74) is 1.72. The van der Waals surface area contributed by atoms with Crippen LogP contribution in [0.2, 0.25) is 0 Å². The number of amides is 2. The van der Waals surface area contributed by atoms with Crippen molar-refractivity contribution in [2.75, 3.05) is 44.9 Å². The molecular formula is C29H29N5O6S2.